The molecule has 0 heterocycles. The third-order valence-corrected chi connectivity index (χ3v) is 2.05. The summed E-state index contributed by atoms with van der Waals surface area (Å²) in [5.74, 6) is -1.46. The lowest BCUT2D eigenvalue weighted by Crippen LogP contribution is -2.19. The lowest BCUT2D eigenvalue weighted by molar-refractivity contribution is -0.154. The number of carbonyl (C=O) groups excluding carboxylic acids is 2. The molecule has 0 radical (unpaired) electrons. The van der Waals surface area contributed by atoms with Gasteiger partial charge in [-0.2, -0.15) is 0 Å². The summed E-state index contributed by atoms with van der Waals surface area (Å²) in [6.45, 7) is 5.39. The molecule has 0 aliphatic carbocycles. The molecular weight excluding hydrogens is 216 g/mol. The van der Waals surface area contributed by atoms with Crippen molar-refractivity contribution in [2.75, 3.05) is 0 Å². The molecule has 0 amide bonds. The van der Waals surface area contributed by atoms with Crippen molar-refractivity contribution in [3.05, 3.63) is 41.5 Å². The molecular formula is C14H16O3. The number of aryl methyl sites for hydroxylation is 1. The van der Waals surface area contributed by atoms with Gasteiger partial charge >= 0.3 is 5.97 Å². The SMILES string of the molecule is Cc1ccc(/C=C/C(=O)C(=O)OC(C)C)cc1. The molecule has 1 aromatic carbocycles. The molecule has 0 aliphatic rings. The number of carbonyl (C=O) groups is 2. The maximum absolute atomic E-state index is 11.4. The molecule has 90 valence electrons. The second kappa shape index (κ2) is 5.99. The Bertz CT molecular complexity index is 427. The van der Waals surface area contributed by atoms with Crippen molar-refractivity contribution in [3.63, 3.8) is 0 Å². The zero-order valence-electron chi connectivity index (χ0n) is 10.3. The maximum atomic E-state index is 11.4. The minimum Gasteiger partial charge on any atom is -0.457 e. The Kier molecular flexibility index (Phi) is 4.64. The van der Waals surface area contributed by atoms with Gasteiger partial charge in [0.1, 0.15) is 0 Å². The summed E-state index contributed by atoms with van der Waals surface area (Å²) in [4.78, 5) is 22.6. The van der Waals surface area contributed by atoms with Crippen molar-refractivity contribution in [1.82, 2.24) is 0 Å². The molecule has 3 heteroatoms. The number of hydrogen-bond acceptors (Lipinski definition) is 3. The Morgan fingerprint density at radius 2 is 1.76 bits per heavy atom. The monoisotopic (exact) mass is 232 g/mol. The first-order valence-corrected chi connectivity index (χ1v) is 5.48. The van der Waals surface area contributed by atoms with Gasteiger partial charge in [0, 0.05) is 0 Å². The van der Waals surface area contributed by atoms with E-state index in [0.717, 1.165) is 11.1 Å². The van der Waals surface area contributed by atoms with Gasteiger partial charge in [0.15, 0.2) is 0 Å². The van der Waals surface area contributed by atoms with Crippen LogP contribution in [0.2, 0.25) is 0 Å². The third kappa shape index (κ3) is 4.64. The van der Waals surface area contributed by atoms with E-state index in [-0.39, 0.29) is 6.10 Å². The Balaban J connectivity index is 2.62. The average molecular weight is 232 g/mol. The van der Waals surface area contributed by atoms with E-state index in [4.69, 9.17) is 4.74 Å². The molecule has 0 bridgehead atoms. The highest BCUT2D eigenvalue weighted by Gasteiger charge is 2.12. The quantitative estimate of drug-likeness (QED) is 0.455. The number of benzene rings is 1. The highest BCUT2D eigenvalue weighted by atomic mass is 16.5. The fourth-order valence-electron chi connectivity index (χ4n) is 1.19. The van der Waals surface area contributed by atoms with Crippen LogP contribution in [0.25, 0.3) is 6.08 Å². The van der Waals surface area contributed by atoms with Crippen LogP contribution in [0.4, 0.5) is 0 Å². The molecule has 0 atom stereocenters. The average Bonchev–Trinajstić information content (AvgIpc) is 2.27. The van der Waals surface area contributed by atoms with Crippen molar-refractivity contribution in [1.29, 1.82) is 0 Å². The Morgan fingerprint density at radius 1 is 1.18 bits per heavy atom. The van der Waals surface area contributed by atoms with E-state index < -0.39 is 11.8 Å². The highest BCUT2D eigenvalue weighted by Crippen LogP contribution is 2.05. The molecule has 3 nitrogen and oxygen atoms in total. The number of hydrogen-bond donors (Lipinski definition) is 0. The lowest BCUT2D eigenvalue weighted by atomic mass is 10.1. The first kappa shape index (κ1) is 13.2. The summed E-state index contributed by atoms with van der Waals surface area (Å²) in [6.07, 6.45) is 2.55. The van der Waals surface area contributed by atoms with Gasteiger partial charge in [-0.1, -0.05) is 35.9 Å². The summed E-state index contributed by atoms with van der Waals surface area (Å²) in [5, 5.41) is 0. The predicted octanol–water partition coefficient (Wildman–Crippen LogP) is 2.53. The van der Waals surface area contributed by atoms with E-state index >= 15 is 0 Å². The highest BCUT2D eigenvalue weighted by molar-refractivity contribution is 6.39. The normalized spacial score (nSPS) is 10.8. The van der Waals surface area contributed by atoms with E-state index in [0.29, 0.717) is 0 Å². The van der Waals surface area contributed by atoms with Crippen molar-refractivity contribution in [3.8, 4) is 0 Å². The largest absolute Gasteiger partial charge is 0.457 e. The van der Waals surface area contributed by atoms with Crippen LogP contribution in [0.5, 0.6) is 0 Å². The molecule has 0 aliphatic heterocycles. The smallest absolute Gasteiger partial charge is 0.379 e. The lowest BCUT2D eigenvalue weighted by Gasteiger charge is -2.04. The van der Waals surface area contributed by atoms with Crippen LogP contribution in [-0.4, -0.2) is 17.9 Å². The van der Waals surface area contributed by atoms with Crippen LogP contribution in [0, 0.1) is 6.92 Å². The summed E-state index contributed by atoms with van der Waals surface area (Å²) in [6, 6.07) is 7.65. The van der Waals surface area contributed by atoms with Gasteiger partial charge in [0.2, 0.25) is 0 Å². The second-order valence-electron chi connectivity index (χ2n) is 4.06. The topological polar surface area (TPSA) is 43.4 Å². The summed E-state index contributed by atoms with van der Waals surface area (Å²) >= 11 is 0. The third-order valence-electron chi connectivity index (χ3n) is 2.05. The fraction of sp³-hybridized carbons (Fsp3) is 0.286. The van der Waals surface area contributed by atoms with Crippen molar-refractivity contribution < 1.29 is 14.3 Å². The molecule has 1 rings (SSSR count). The van der Waals surface area contributed by atoms with Crippen LogP contribution in [0.1, 0.15) is 25.0 Å². The zero-order valence-corrected chi connectivity index (χ0v) is 10.3. The second-order valence-corrected chi connectivity index (χ2v) is 4.06. The molecule has 0 spiro atoms. The van der Waals surface area contributed by atoms with Crippen LogP contribution in [0.3, 0.4) is 0 Å². The summed E-state index contributed by atoms with van der Waals surface area (Å²) < 4.78 is 4.78. The van der Waals surface area contributed by atoms with E-state index in [1.54, 1.807) is 19.9 Å². The fourth-order valence-corrected chi connectivity index (χ4v) is 1.19. The van der Waals surface area contributed by atoms with Crippen LogP contribution in [-0.2, 0) is 14.3 Å². The Labute approximate surface area is 101 Å². The maximum Gasteiger partial charge on any atom is 0.379 e. The molecule has 0 N–H and O–H groups in total. The number of ether oxygens (including phenoxy) is 1. The van der Waals surface area contributed by atoms with E-state index in [2.05, 4.69) is 0 Å². The van der Waals surface area contributed by atoms with Gasteiger partial charge in [0.05, 0.1) is 6.10 Å². The van der Waals surface area contributed by atoms with Crippen molar-refractivity contribution >= 4 is 17.8 Å². The van der Waals surface area contributed by atoms with Crippen LogP contribution >= 0.6 is 0 Å². The molecule has 17 heavy (non-hydrogen) atoms. The van der Waals surface area contributed by atoms with Gasteiger partial charge in [-0.25, -0.2) is 4.79 Å². The molecule has 0 fully saturated rings. The number of ketones is 1. The molecule has 0 unspecified atom stereocenters. The molecule has 1 aromatic rings. The molecule has 0 aromatic heterocycles. The van der Waals surface area contributed by atoms with Crippen molar-refractivity contribution in [2.24, 2.45) is 0 Å². The van der Waals surface area contributed by atoms with Gasteiger partial charge in [-0.05, 0) is 32.4 Å². The Morgan fingerprint density at radius 3 is 2.29 bits per heavy atom. The Hall–Kier alpha value is -1.90. The van der Waals surface area contributed by atoms with Gasteiger partial charge in [-0.15, -0.1) is 0 Å². The van der Waals surface area contributed by atoms with Crippen molar-refractivity contribution in [2.45, 2.75) is 26.9 Å². The first-order valence-electron chi connectivity index (χ1n) is 5.48. The van der Waals surface area contributed by atoms with E-state index in [1.165, 1.54) is 6.08 Å². The van der Waals surface area contributed by atoms with Gasteiger partial charge < -0.3 is 4.74 Å². The summed E-state index contributed by atoms with van der Waals surface area (Å²) in [5.41, 5.74) is 2.02. The standard InChI is InChI=1S/C14H16O3/c1-10(2)17-14(16)13(15)9-8-12-6-4-11(3)5-7-12/h4-10H,1-3H3/b9-8+. The van der Waals surface area contributed by atoms with E-state index in [9.17, 15) is 9.59 Å². The van der Waals surface area contributed by atoms with E-state index in [1.807, 2.05) is 31.2 Å². The minimum atomic E-state index is -0.816. The number of esters is 1. The first-order chi connectivity index (χ1) is 7.99. The van der Waals surface area contributed by atoms with Crippen LogP contribution in [0.15, 0.2) is 30.3 Å². The number of rotatable bonds is 4. The predicted molar refractivity (Wildman–Crippen MR) is 66.4 cm³/mol. The zero-order chi connectivity index (χ0) is 12.8. The summed E-state index contributed by atoms with van der Waals surface area (Å²) in [7, 11) is 0. The molecule has 0 saturated carbocycles. The van der Waals surface area contributed by atoms with Gasteiger partial charge in [0.25, 0.3) is 5.78 Å². The minimum absolute atomic E-state index is 0.278. The van der Waals surface area contributed by atoms with Crippen LogP contribution < -0.4 is 0 Å². The molecule has 0 saturated heterocycles. The van der Waals surface area contributed by atoms with Gasteiger partial charge in [-0.3, -0.25) is 4.79 Å².